The van der Waals surface area contributed by atoms with E-state index in [0.717, 1.165) is 11.9 Å². The third kappa shape index (κ3) is 3.41. The van der Waals surface area contributed by atoms with Crippen LogP contribution in [-0.2, 0) is 6.16 Å². The van der Waals surface area contributed by atoms with Crippen LogP contribution in [0.25, 0.3) is 0 Å². The van der Waals surface area contributed by atoms with Crippen LogP contribution in [-0.4, -0.2) is 7.11 Å². The maximum atomic E-state index is 5.74. The van der Waals surface area contributed by atoms with Gasteiger partial charge in [0.05, 0.1) is 0 Å². The molecule has 0 radical (unpaired) electrons. The predicted octanol–water partition coefficient (Wildman–Crippen LogP) is 6.03. The fourth-order valence-electron chi connectivity index (χ4n) is 4.09. The van der Waals surface area contributed by atoms with Gasteiger partial charge in [0.15, 0.2) is 0 Å². The minimum atomic E-state index is -3.00. The monoisotopic (exact) mass is 462 g/mol. The van der Waals surface area contributed by atoms with Crippen LogP contribution in [0.15, 0.2) is 115 Å². The van der Waals surface area contributed by atoms with E-state index in [2.05, 4.69) is 119 Å². The van der Waals surface area contributed by atoms with Crippen LogP contribution in [0.5, 0.6) is 5.75 Å². The minimum absolute atomic E-state index is 0.827. The Kier molecular flexibility index (Phi) is 5.58. The van der Waals surface area contributed by atoms with Gasteiger partial charge in [0.1, 0.15) is 0 Å². The molecule has 0 heterocycles. The number of para-hydroxylation sites is 1. The zero-order chi connectivity index (χ0) is 20.2. The van der Waals surface area contributed by atoms with Gasteiger partial charge in [-0.1, -0.05) is 0 Å². The molecule has 4 rings (SSSR count). The fourth-order valence-corrected chi connectivity index (χ4v) is 11.8. The van der Waals surface area contributed by atoms with Crippen molar-refractivity contribution in [3.8, 4) is 5.75 Å². The first kappa shape index (κ1) is 19.9. The molecule has 0 atom stereocenters. The molecule has 0 aliphatic heterocycles. The van der Waals surface area contributed by atoms with Crippen molar-refractivity contribution in [2.45, 2.75) is 6.16 Å². The van der Waals surface area contributed by atoms with Crippen molar-refractivity contribution in [2.24, 2.45) is 0 Å². The van der Waals surface area contributed by atoms with Gasteiger partial charge >= 0.3 is 181 Å². The molecule has 29 heavy (non-hydrogen) atoms. The van der Waals surface area contributed by atoms with Crippen LogP contribution < -0.4 is 20.7 Å². The first-order chi connectivity index (χ1) is 14.2. The molecular weight excluding hydrogens is 439 g/mol. The number of hydrogen-bond donors (Lipinski definition) is 0. The fraction of sp³-hybridized carbons (Fsp3) is 0.0769. The zero-order valence-corrected chi connectivity index (χ0v) is 18.9. The van der Waals surface area contributed by atoms with E-state index >= 15 is 0 Å². The van der Waals surface area contributed by atoms with Crippen LogP contribution in [0.3, 0.4) is 0 Å². The molecule has 0 amide bonds. The van der Waals surface area contributed by atoms with Gasteiger partial charge in [-0.15, -0.1) is 0 Å². The third-order valence-electron chi connectivity index (χ3n) is 5.54. The van der Waals surface area contributed by atoms with Gasteiger partial charge in [0.25, 0.3) is 0 Å². The molecule has 0 bridgehead atoms. The zero-order valence-electron chi connectivity index (χ0n) is 16.4. The average molecular weight is 463 g/mol. The summed E-state index contributed by atoms with van der Waals surface area (Å²) < 4.78 is 5.74. The van der Waals surface area contributed by atoms with Crippen LogP contribution in [0, 0.1) is 0 Å². The summed E-state index contributed by atoms with van der Waals surface area (Å²) in [5.41, 5.74) is 1.20. The number of methoxy groups -OCH3 is 1. The Labute approximate surface area is 181 Å². The van der Waals surface area contributed by atoms with Crippen molar-refractivity contribution in [1.82, 2.24) is 0 Å². The van der Waals surface area contributed by atoms with E-state index < -0.39 is 5.31 Å². The Balaban J connectivity index is 2.10. The molecule has 0 unspecified atom stereocenters. The van der Waals surface area contributed by atoms with E-state index in [1.54, 1.807) is 7.11 Å². The third-order valence-corrected chi connectivity index (χ3v) is 15.0. The van der Waals surface area contributed by atoms with Gasteiger partial charge in [-0.3, -0.25) is 0 Å². The second kappa shape index (κ2) is 8.14. The molecule has 3 heteroatoms. The van der Waals surface area contributed by atoms with E-state index in [9.17, 15) is 0 Å². The predicted molar refractivity (Wildman–Crippen MR) is 131 cm³/mol. The average Bonchev–Trinajstić information content (AvgIpc) is 2.81. The summed E-state index contributed by atoms with van der Waals surface area (Å²) in [5, 5.41) is 0.924. The molecule has 0 fully saturated rings. The number of benzene rings is 4. The standard InChI is InChI=1S/C26H24BrOP/c1-28-26-20-12-11-13-22(26)21-29(27,23-14-5-2-6-15-23,24-16-7-3-8-17-24)25-18-9-4-10-19-25/h2-20H,21H2,1H3. The summed E-state index contributed by atoms with van der Waals surface area (Å²) in [4.78, 5) is 0. The summed E-state index contributed by atoms with van der Waals surface area (Å²) in [6.07, 6.45) is 0.827. The first-order valence-corrected chi connectivity index (χ1v) is 14.1. The Morgan fingerprint density at radius 3 is 1.38 bits per heavy atom. The van der Waals surface area contributed by atoms with Crippen LogP contribution in [0.1, 0.15) is 5.56 Å². The molecular formula is C26H24BrOP. The second-order valence-corrected chi connectivity index (χ2v) is 16.1. The molecule has 0 spiro atoms. The van der Waals surface area contributed by atoms with Crippen molar-refractivity contribution in [3.05, 3.63) is 121 Å². The Morgan fingerprint density at radius 2 is 0.966 bits per heavy atom. The van der Waals surface area contributed by atoms with E-state index in [1.807, 2.05) is 12.1 Å². The van der Waals surface area contributed by atoms with Crippen molar-refractivity contribution in [3.63, 3.8) is 0 Å². The van der Waals surface area contributed by atoms with Crippen molar-refractivity contribution in [1.29, 1.82) is 0 Å². The van der Waals surface area contributed by atoms with Gasteiger partial charge in [0, 0.05) is 0 Å². The first-order valence-electron chi connectivity index (χ1n) is 9.68. The SMILES string of the molecule is COc1ccccc1CP(Br)(c1ccccc1)(c1ccccc1)c1ccccc1. The van der Waals surface area contributed by atoms with Crippen molar-refractivity contribution >= 4 is 36.7 Å². The van der Waals surface area contributed by atoms with Gasteiger partial charge in [-0.25, -0.2) is 0 Å². The summed E-state index contributed by atoms with van der Waals surface area (Å²) in [6, 6.07) is 40.9. The Hall–Kier alpha value is -2.41. The molecule has 4 aromatic carbocycles. The van der Waals surface area contributed by atoms with Crippen LogP contribution >= 0.6 is 20.8 Å². The topological polar surface area (TPSA) is 9.23 Å². The molecule has 0 aliphatic carbocycles. The number of rotatable bonds is 6. The van der Waals surface area contributed by atoms with Crippen LogP contribution in [0.2, 0.25) is 0 Å². The molecule has 146 valence electrons. The number of hydrogen-bond acceptors (Lipinski definition) is 1. The number of ether oxygens (including phenoxy) is 1. The normalized spacial score (nSPS) is 12.7. The van der Waals surface area contributed by atoms with E-state index in [0.29, 0.717) is 0 Å². The molecule has 0 aliphatic rings. The molecule has 0 saturated heterocycles. The molecule has 0 aromatic heterocycles. The summed E-state index contributed by atoms with van der Waals surface area (Å²) in [7, 11) is 1.75. The summed E-state index contributed by atoms with van der Waals surface area (Å²) in [5.74, 6) is 0.920. The van der Waals surface area contributed by atoms with E-state index in [4.69, 9.17) is 4.74 Å². The van der Waals surface area contributed by atoms with Crippen molar-refractivity contribution < 1.29 is 4.74 Å². The van der Waals surface area contributed by atoms with Crippen molar-refractivity contribution in [2.75, 3.05) is 7.11 Å². The Bertz CT molecular complexity index is 982. The molecule has 0 N–H and O–H groups in total. The quantitative estimate of drug-likeness (QED) is 0.317. The second-order valence-electron chi connectivity index (χ2n) is 7.16. The van der Waals surface area contributed by atoms with Crippen LogP contribution in [0.4, 0.5) is 0 Å². The summed E-state index contributed by atoms with van der Waals surface area (Å²) in [6.45, 7) is 0. The van der Waals surface area contributed by atoms with E-state index in [-0.39, 0.29) is 0 Å². The van der Waals surface area contributed by atoms with E-state index in [1.165, 1.54) is 21.5 Å². The van der Waals surface area contributed by atoms with Gasteiger partial charge in [0.2, 0.25) is 0 Å². The Morgan fingerprint density at radius 1 is 0.586 bits per heavy atom. The number of halogens is 1. The summed E-state index contributed by atoms with van der Waals surface area (Å²) >= 11 is 4.49. The molecule has 4 aromatic rings. The molecule has 0 saturated carbocycles. The molecule has 1 nitrogen and oxygen atoms in total. The van der Waals surface area contributed by atoms with Gasteiger partial charge < -0.3 is 0 Å². The van der Waals surface area contributed by atoms with Gasteiger partial charge in [-0.05, 0) is 0 Å². The maximum absolute atomic E-state index is 5.74. The van der Waals surface area contributed by atoms with Gasteiger partial charge in [-0.2, -0.15) is 0 Å².